The predicted octanol–water partition coefficient (Wildman–Crippen LogP) is 5.17. The van der Waals surface area contributed by atoms with E-state index in [-0.39, 0.29) is 0 Å². The molecule has 26 heavy (non-hydrogen) atoms. The Labute approximate surface area is 147 Å². The highest BCUT2D eigenvalue weighted by atomic mass is 19.4. The van der Waals surface area contributed by atoms with Crippen molar-refractivity contribution in [2.24, 2.45) is 0 Å². The van der Waals surface area contributed by atoms with Crippen molar-refractivity contribution in [1.29, 1.82) is 0 Å². The second-order valence-electron chi connectivity index (χ2n) is 5.95. The largest absolute Gasteiger partial charge is 0.416 e. The number of imidazole rings is 1. The van der Waals surface area contributed by atoms with Crippen molar-refractivity contribution in [2.45, 2.75) is 12.7 Å². The van der Waals surface area contributed by atoms with Gasteiger partial charge in [0.25, 0.3) is 0 Å². The number of halogens is 3. The molecule has 0 N–H and O–H groups in total. The summed E-state index contributed by atoms with van der Waals surface area (Å²) in [6.07, 6.45) is -0.968. The van der Waals surface area contributed by atoms with Gasteiger partial charge < -0.3 is 4.57 Å². The molecule has 2 heterocycles. The fourth-order valence-electron chi connectivity index (χ4n) is 2.96. The number of rotatable bonds is 3. The Morgan fingerprint density at radius 3 is 2.54 bits per heavy atom. The summed E-state index contributed by atoms with van der Waals surface area (Å²) in [6, 6.07) is 16.5. The molecule has 0 bridgehead atoms. The molecular weight excluding hydrogens is 339 g/mol. The third kappa shape index (κ3) is 3.06. The first kappa shape index (κ1) is 16.3. The maximum absolute atomic E-state index is 13.1. The van der Waals surface area contributed by atoms with Crippen LogP contribution < -0.4 is 0 Å². The zero-order valence-electron chi connectivity index (χ0n) is 13.6. The van der Waals surface area contributed by atoms with E-state index in [2.05, 4.69) is 9.97 Å². The van der Waals surface area contributed by atoms with Crippen molar-refractivity contribution in [1.82, 2.24) is 14.5 Å². The molecule has 4 aromatic rings. The van der Waals surface area contributed by atoms with Crippen molar-refractivity contribution in [3.8, 4) is 11.4 Å². The molecule has 0 saturated heterocycles. The van der Waals surface area contributed by atoms with Crippen LogP contribution in [0.15, 0.2) is 73.1 Å². The lowest BCUT2D eigenvalue weighted by Gasteiger charge is -2.11. The van der Waals surface area contributed by atoms with Crippen LogP contribution in [0.2, 0.25) is 0 Å². The zero-order valence-corrected chi connectivity index (χ0v) is 13.6. The Balaban J connectivity index is 1.89. The number of pyridine rings is 1. The topological polar surface area (TPSA) is 30.7 Å². The SMILES string of the molecule is FC(F)(F)c1cccc(-c2nc3ccccc3n2Cc2cccnc2)c1. The molecule has 0 fully saturated rings. The van der Waals surface area contributed by atoms with Crippen molar-refractivity contribution in [2.75, 3.05) is 0 Å². The lowest BCUT2D eigenvalue weighted by Crippen LogP contribution is -2.06. The minimum Gasteiger partial charge on any atom is -0.319 e. The molecule has 0 spiro atoms. The van der Waals surface area contributed by atoms with E-state index in [0.717, 1.165) is 28.7 Å². The van der Waals surface area contributed by atoms with Crippen LogP contribution >= 0.6 is 0 Å². The highest BCUT2D eigenvalue weighted by molar-refractivity contribution is 5.80. The summed E-state index contributed by atoms with van der Waals surface area (Å²) < 4.78 is 41.2. The average Bonchev–Trinajstić information content (AvgIpc) is 3.01. The molecule has 6 heteroatoms. The number of hydrogen-bond donors (Lipinski definition) is 0. The van der Waals surface area contributed by atoms with E-state index in [0.29, 0.717) is 17.9 Å². The molecule has 0 aliphatic carbocycles. The summed E-state index contributed by atoms with van der Waals surface area (Å²) in [6.45, 7) is 0.472. The first-order valence-corrected chi connectivity index (χ1v) is 8.04. The van der Waals surface area contributed by atoms with E-state index < -0.39 is 11.7 Å². The van der Waals surface area contributed by atoms with Crippen LogP contribution in [-0.2, 0) is 12.7 Å². The van der Waals surface area contributed by atoms with Gasteiger partial charge in [-0.05, 0) is 35.9 Å². The Bertz CT molecular complexity index is 1050. The monoisotopic (exact) mass is 353 g/mol. The van der Waals surface area contributed by atoms with E-state index >= 15 is 0 Å². The molecule has 4 rings (SSSR count). The van der Waals surface area contributed by atoms with Crippen molar-refractivity contribution < 1.29 is 13.2 Å². The summed E-state index contributed by atoms with van der Waals surface area (Å²) in [5.74, 6) is 0.501. The third-order valence-electron chi connectivity index (χ3n) is 4.17. The first-order chi connectivity index (χ1) is 12.5. The van der Waals surface area contributed by atoms with Crippen LogP contribution in [0.3, 0.4) is 0 Å². The van der Waals surface area contributed by atoms with Gasteiger partial charge in [0, 0.05) is 18.0 Å². The van der Waals surface area contributed by atoms with Crippen molar-refractivity contribution >= 4 is 11.0 Å². The fourth-order valence-corrected chi connectivity index (χ4v) is 2.96. The van der Waals surface area contributed by atoms with Gasteiger partial charge in [-0.25, -0.2) is 4.98 Å². The maximum Gasteiger partial charge on any atom is 0.416 e. The second kappa shape index (κ2) is 6.29. The first-order valence-electron chi connectivity index (χ1n) is 8.04. The molecule has 2 aromatic carbocycles. The smallest absolute Gasteiger partial charge is 0.319 e. The maximum atomic E-state index is 13.1. The van der Waals surface area contributed by atoms with Gasteiger partial charge in [-0.3, -0.25) is 4.98 Å². The quantitative estimate of drug-likeness (QED) is 0.509. The molecule has 0 unspecified atom stereocenters. The number of benzene rings is 2. The molecular formula is C20H14F3N3. The summed E-state index contributed by atoms with van der Waals surface area (Å²) in [4.78, 5) is 8.69. The van der Waals surface area contributed by atoms with Crippen molar-refractivity contribution in [3.05, 3.63) is 84.2 Å². The van der Waals surface area contributed by atoms with Gasteiger partial charge in [-0.15, -0.1) is 0 Å². The van der Waals surface area contributed by atoms with Gasteiger partial charge in [0.2, 0.25) is 0 Å². The number of alkyl halides is 3. The van der Waals surface area contributed by atoms with Gasteiger partial charge >= 0.3 is 6.18 Å². The van der Waals surface area contributed by atoms with Gasteiger partial charge in [-0.1, -0.05) is 30.3 Å². The molecule has 130 valence electrons. The molecule has 0 atom stereocenters. The van der Waals surface area contributed by atoms with E-state index in [1.54, 1.807) is 18.5 Å². The van der Waals surface area contributed by atoms with Crippen LogP contribution in [0, 0.1) is 0 Å². The highest BCUT2D eigenvalue weighted by Crippen LogP contribution is 2.33. The zero-order chi connectivity index (χ0) is 18.1. The molecule has 3 nitrogen and oxygen atoms in total. The van der Waals surface area contributed by atoms with Gasteiger partial charge in [0.15, 0.2) is 0 Å². The number of para-hydroxylation sites is 2. The molecule has 0 amide bonds. The second-order valence-corrected chi connectivity index (χ2v) is 5.95. The van der Waals surface area contributed by atoms with Gasteiger partial charge in [0.1, 0.15) is 5.82 Å². The Kier molecular flexibility index (Phi) is 3.95. The summed E-state index contributed by atoms with van der Waals surface area (Å²) in [7, 11) is 0. The average molecular weight is 353 g/mol. The third-order valence-corrected chi connectivity index (χ3v) is 4.17. The van der Waals surface area contributed by atoms with E-state index in [1.807, 2.05) is 41.0 Å². The minimum absolute atomic E-state index is 0.430. The molecule has 0 radical (unpaired) electrons. The number of fused-ring (bicyclic) bond motifs is 1. The summed E-state index contributed by atoms with van der Waals surface area (Å²) in [5, 5.41) is 0. The van der Waals surface area contributed by atoms with Crippen molar-refractivity contribution in [3.63, 3.8) is 0 Å². The van der Waals surface area contributed by atoms with Crippen LogP contribution in [0.5, 0.6) is 0 Å². The van der Waals surface area contributed by atoms with Crippen LogP contribution in [0.25, 0.3) is 22.4 Å². The number of nitrogens with zero attached hydrogens (tertiary/aromatic N) is 3. The Morgan fingerprint density at radius 1 is 0.923 bits per heavy atom. The van der Waals surface area contributed by atoms with Crippen LogP contribution in [0.4, 0.5) is 13.2 Å². The lowest BCUT2D eigenvalue weighted by molar-refractivity contribution is -0.137. The van der Waals surface area contributed by atoms with Crippen LogP contribution in [-0.4, -0.2) is 14.5 Å². The van der Waals surface area contributed by atoms with Crippen LogP contribution in [0.1, 0.15) is 11.1 Å². The standard InChI is InChI=1S/C20H14F3N3/c21-20(22,23)16-7-3-6-15(11-16)19-25-17-8-1-2-9-18(17)26(19)13-14-5-4-10-24-12-14/h1-12H,13H2. The molecule has 0 saturated carbocycles. The molecule has 0 aliphatic rings. The highest BCUT2D eigenvalue weighted by Gasteiger charge is 2.30. The summed E-state index contributed by atoms with van der Waals surface area (Å²) >= 11 is 0. The Morgan fingerprint density at radius 2 is 1.77 bits per heavy atom. The lowest BCUT2D eigenvalue weighted by atomic mass is 10.1. The van der Waals surface area contributed by atoms with Gasteiger partial charge in [-0.2, -0.15) is 13.2 Å². The normalized spacial score (nSPS) is 11.8. The van der Waals surface area contributed by atoms with E-state index in [1.165, 1.54) is 6.07 Å². The van der Waals surface area contributed by atoms with E-state index in [4.69, 9.17) is 0 Å². The fraction of sp³-hybridized carbons (Fsp3) is 0.100. The van der Waals surface area contributed by atoms with E-state index in [9.17, 15) is 13.2 Å². The molecule has 0 aliphatic heterocycles. The Hall–Kier alpha value is -3.15. The predicted molar refractivity (Wildman–Crippen MR) is 93.5 cm³/mol. The number of hydrogen-bond acceptors (Lipinski definition) is 2. The van der Waals surface area contributed by atoms with Gasteiger partial charge in [0.05, 0.1) is 23.1 Å². The number of aromatic nitrogens is 3. The summed E-state index contributed by atoms with van der Waals surface area (Å²) in [5.41, 5.74) is 2.30. The minimum atomic E-state index is -4.39. The molecule has 2 aromatic heterocycles.